The zero-order chi connectivity index (χ0) is 18.2. The van der Waals surface area contributed by atoms with Crippen molar-refractivity contribution in [1.29, 1.82) is 0 Å². The Labute approximate surface area is 144 Å². The topological polar surface area (TPSA) is 113 Å². The van der Waals surface area contributed by atoms with Crippen LogP contribution in [0.25, 0.3) is 0 Å². The predicted molar refractivity (Wildman–Crippen MR) is 93.1 cm³/mol. The molecule has 3 N–H and O–H groups in total. The fourth-order valence-corrected chi connectivity index (χ4v) is 2.18. The lowest BCUT2D eigenvalue weighted by atomic mass is 10.1. The first-order valence-electron chi connectivity index (χ1n) is 7.57. The molecule has 2 aromatic rings. The van der Waals surface area contributed by atoms with E-state index in [-0.39, 0.29) is 12.2 Å². The Bertz CT molecular complexity index is 777. The maximum absolute atomic E-state index is 11.8. The summed E-state index contributed by atoms with van der Waals surface area (Å²) in [5, 5.41) is 18.5. The highest BCUT2D eigenvalue weighted by Gasteiger charge is 2.14. The van der Waals surface area contributed by atoms with Crippen molar-refractivity contribution >= 4 is 23.3 Å². The second kappa shape index (κ2) is 8.44. The molecule has 8 heteroatoms. The summed E-state index contributed by atoms with van der Waals surface area (Å²) in [7, 11) is 0. The average Bonchev–Trinajstić information content (AvgIpc) is 2.59. The molecule has 0 radical (unpaired) electrons. The molecule has 0 atom stereocenters. The molecule has 0 unspecified atom stereocenters. The number of imide groups is 1. The molecule has 0 fully saturated rings. The quantitative estimate of drug-likeness (QED) is 0.551. The van der Waals surface area contributed by atoms with Crippen molar-refractivity contribution in [2.75, 3.05) is 11.9 Å². The molecule has 0 aliphatic heterocycles. The molecule has 0 saturated heterocycles. The molecule has 2 rings (SSSR count). The number of hydrogen-bond donors (Lipinski definition) is 3. The minimum atomic E-state index is -0.605. The highest BCUT2D eigenvalue weighted by molar-refractivity contribution is 5.96. The number of anilines is 1. The summed E-state index contributed by atoms with van der Waals surface area (Å²) in [5.74, 6) is -0.545. The number of urea groups is 1. The van der Waals surface area contributed by atoms with Gasteiger partial charge in [0.2, 0.25) is 5.91 Å². The lowest BCUT2D eigenvalue weighted by Crippen LogP contribution is -2.41. The molecule has 0 aromatic heterocycles. The highest BCUT2D eigenvalue weighted by Crippen LogP contribution is 2.24. The number of nitro benzene ring substituents is 1. The Morgan fingerprint density at radius 3 is 2.48 bits per heavy atom. The summed E-state index contributed by atoms with van der Waals surface area (Å²) in [6.45, 7) is 1.71. The van der Waals surface area contributed by atoms with E-state index in [2.05, 4.69) is 16.0 Å². The summed E-state index contributed by atoms with van der Waals surface area (Å²) < 4.78 is 0. The van der Waals surface area contributed by atoms with Crippen molar-refractivity contribution in [2.45, 2.75) is 13.5 Å². The Morgan fingerprint density at radius 2 is 1.80 bits per heavy atom. The summed E-state index contributed by atoms with van der Waals surface area (Å²) >= 11 is 0. The number of benzene rings is 2. The minimum Gasteiger partial charge on any atom is -0.376 e. The Balaban J connectivity index is 1.81. The van der Waals surface area contributed by atoms with E-state index in [9.17, 15) is 19.7 Å². The van der Waals surface area contributed by atoms with E-state index >= 15 is 0 Å². The first kappa shape index (κ1) is 17.9. The van der Waals surface area contributed by atoms with E-state index in [0.717, 1.165) is 5.56 Å². The van der Waals surface area contributed by atoms with E-state index in [1.165, 1.54) is 12.1 Å². The van der Waals surface area contributed by atoms with Gasteiger partial charge in [-0.05, 0) is 18.6 Å². The lowest BCUT2D eigenvalue weighted by Gasteiger charge is -2.10. The van der Waals surface area contributed by atoms with Crippen molar-refractivity contribution in [2.24, 2.45) is 0 Å². The minimum absolute atomic E-state index is 0.0361. The molecule has 3 amide bonds. The SMILES string of the molecule is Cc1c(NCC(=O)NC(=O)NCc2ccccc2)cccc1[N+](=O)[O-]. The molecule has 2 aromatic carbocycles. The predicted octanol–water partition coefficient (Wildman–Crippen LogP) is 2.34. The monoisotopic (exact) mass is 342 g/mol. The maximum Gasteiger partial charge on any atom is 0.321 e. The Hall–Kier alpha value is -3.42. The Kier molecular flexibility index (Phi) is 6.05. The molecule has 8 nitrogen and oxygen atoms in total. The van der Waals surface area contributed by atoms with Crippen LogP contribution >= 0.6 is 0 Å². The molecule has 0 aliphatic rings. The Morgan fingerprint density at radius 1 is 1.08 bits per heavy atom. The average molecular weight is 342 g/mol. The van der Waals surface area contributed by atoms with E-state index in [1.54, 1.807) is 13.0 Å². The van der Waals surface area contributed by atoms with Gasteiger partial charge in [0, 0.05) is 23.9 Å². The number of carbonyl (C=O) groups is 2. The third-order valence-electron chi connectivity index (χ3n) is 3.49. The van der Waals surface area contributed by atoms with Crippen LogP contribution in [0.3, 0.4) is 0 Å². The van der Waals surface area contributed by atoms with Crippen LogP contribution in [-0.4, -0.2) is 23.4 Å². The molecular weight excluding hydrogens is 324 g/mol. The van der Waals surface area contributed by atoms with Crippen molar-refractivity contribution < 1.29 is 14.5 Å². The lowest BCUT2D eigenvalue weighted by molar-refractivity contribution is -0.385. The van der Waals surface area contributed by atoms with Crippen molar-refractivity contribution in [3.8, 4) is 0 Å². The number of hydrogen-bond acceptors (Lipinski definition) is 5. The first-order chi connectivity index (χ1) is 12.0. The number of carbonyl (C=O) groups excluding carboxylic acids is 2. The maximum atomic E-state index is 11.8. The van der Waals surface area contributed by atoms with Crippen LogP contribution in [-0.2, 0) is 11.3 Å². The van der Waals surface area contributed by atoms with Crippen molar-refractivity contribution in [3.05, 3.63) is 69.8 Å². The third kappa shape index (κ3) is 5.31. The standard InChI is InChI=1S/C17H18N4O4/c1-12-14(8-5-9-15(12)21(24)25)18-11-16(22)20-17(23)19-10-13-6-3-2-4-7-13/h2-9,18H,10-11H2,1H3,(H2,19,20,22,23). The second-order valence-corrected chi connectivity index (χ2v) is 5.28. The molecule has 0 bridgehead atoms. The van der Waals surface area contributed by atoms with Crippen LogP contribution in [0, 0.1) is 17.0 Å². The van der Waals surface area contributed by atoms with E-state index in [0.29, 0.717) is 17.8 Å². The van der Waals surface area contributed by atoms with E-state index < -0.39 is 16.9 Å². The number of nitrogens with one attached hydrogen (secondary N) is 3. The van der Waals surface area contributed by atoms with Gasteiger partial charge in [-0.2, -0.15) is 0 Å². The van der Waals surface area contributed by atoms with Gasteiger partial charge in [0.1, 0.15) is 0 Å². The largest absolute Gasteiger partial charge is 0.376 e. The van der Waals surface area contributed by atoms with Crippen molar-refractivity contribution in [3.63, 3.8) is 0 Å². The van der Waals surface area contributed by atoms with Crippen LogP contribution in [0.2, 0.25) is 0 Å². The fourth-order valence-electron chi connectivity index (χ4n) is 2.18. The molecular formula is C17H18N4O4. The molecule has 0 heterocycles. The van der Waals surface area contributed by atoms with E-state index in [4.69, 9.17) is 0 Å². The third-order valence-corrected chi connectivity index (χ3v) is 3.49. The zero-order valence-electron chi connectivity index (χ0n) is 13.6. The highest BCUT2D eigenvalue weighted by atomic mass is 16.6. The molecule has 0 spiro atoms. The normalized spacial score (nSPS) is 9.96. The van der Waals surface area contributed by atoms with Gasteiger partial charge in [-0.3, -0.25) is 20.2 Å². The van der Waals surface area contributed by atoms with Gasteiger partial charge in [-0.25, -0.2) is 4.79 Å². The number of nitrogens with zero attached hydrogens (tertiary/aromatic N) is 1. The van der Waals surface area contributed by atoms with Crippen LogP contribution in [0.1, 0.15) is 11.1 Å². The van der Waals surface area contributed by atoms with Gasteiger partial charge in [-0.1, -0.05) is 36.4 Å². The van der Waals surface area contributed by atoms with Gasteiger partial charge < -0.3 is 10.6 Å². The summed E-state index contributed by atoms with van der Waals surface area (Å²) in [6.07, 6.45) is 0. The van der Waals surface area contributed by atoms with Gasteiger partial charge in [0.25, 0.3) is 5.69 Å². The number of rotatable bonds is 6. The smallest absolute Gasteiger partial charge is 0.321 e. The van der Waals surface area contributed by atoms with Crippen LogP contribution in [0.4, 0.5) is 16.2 Å². The zero-order valence-corrected chi connectivity index (χ0v) is 13.6. The summed E-state index contributed by atoms with van der Waals surface area (Å²) in [6, 6.07) is 13.2. The summed E-state index contributed by atoms with van der Waals surface area (Å²) in [4.78, 5) is 33.9. The number of nitro groups is 1. The summed E-state index contributed by atoms with van der Waals surface area (Å²) in [5.41, 5.74) is 1.77. The number of amides is 3. The van der Waals surface area contributed by atoms with Crippen LogP contribution in [0.5, 0.6) is 0 Å². The van der Waals surface area contributed by atoms with Gasteiger partial charge >= 0.3 is 6.03 Å². The molecule has 0 saturated carbocycles. The van der Waals surface area contributed by atoms with Gasteiger partial charge in [0.15, 0.2) is 0 Å². The van der Waals surface area contributed by atoms with E-state index in [1.807, 2.05) is 30.3 Å². The van der Waals surface area contributed by atoms with Crippen molar-refractivity contribution in [1.82, 2.24) is 10.6 Å². The molecule has 25 heavy (non-hydrogen) atoms. The second-order valence-electron chi connectivity index (χ2n) is 5.28. The van der Waals surface area contributed by atoms with Crippen LogP contribution < -0.4 is 16.0 Å². The van der Waals surface area contributed by atoms with Gasteiger partial charge in [-0.15, -0.1) is 0 Å². The fraction of sp³-hybridized carbons (Fsp3) is 0.176. The first-order valence-corrected chi connectivity index (χ1v) is 7.57. The molecule has 130 valence electrons. The van der Waals surface area contributed by atoms with Gasteiger partial charge in [0.05, 0.1) is 11.5 Å². The molecule has 0 aliphatic carbocycles. The van der Waals surface area contributed by atoms with Crippen LogP contribution in [0.15, 0.2) is 48.5 Å².